The highest BCUT2D eigenvalue weighted by atomic mass is 15.2. The van der Waals surface area contributed by atoms with Gasteiger partial charge < -0.3 is 5.32 Å². The molecule has 17 heavy (non-hydrogen) atoms. The van der Waals surface area contributed by atoms with Gasteiger partial charge in [0, 0.05) is 19.1 Å². The van der Waals surface area contributed by atoms with Crippen LogP contribution >= 0.6 is 0 Å². The number of nitrogens with zero attached hydrogens (tertiary/aromatic N) is 1. The van der Waals surface area contributed by atoms with Crippen molar-refractivity contribution in [1.29, 1.82) is 0 Å². The Hall–Kier alpha value is -0.860. The van der Waals surface area contributed by atoms with Gasteiger partial charge in [-0.1, -0.05) is 31.2 Å². The quantitative estimate of drug-likeness (QED) is 0.857. The molecule has 2 rings (SSSR count). The summed E-state index contributed by atoms with van der Waals surface area (Å²) >= 11 is 0. The van der Waals surface area contributed by atoms with E-state index in [0.717, 1.165) is 13.1 Å². The van der Waals surface area contributed by atoms with Gasteiger partial charge in [0.25, 0.3) is 0 Å². The summed E-state index contributed by atoms with van der Waals surface area (Å²) < 4.78 is 0. The van der Waals surface area contributed by atoms with Crippen LogP contribution in [-0.4, -0.2) is 31.1 Å². The van der Waals surface area contributed by atoms with Crippen LogP contribution in [0, 0.1) is 0 Å². The highest BCUT2D eigenvalue weighted by Crippen LogP contribution is 2.20. The lowest BCUT2D eigenvalue weighted by molar-refractivity contribution is 0.183. The third-order valence-electron chi connectivity index (χ3n) is 3.81. The van der Waals surface area contributed by atoms with Crippen molar-refractivity contribution in [2.24, 2.45) is 0 Å². The molecule has 0 saturated carbocycles. The Morgan fingerprint density at radius 1 is 1.29 bits per heavy atom. The molecule has 0 saturated heterocycles. The van der Waals surface area contributed by atoms with E-state index in [1.807, 2.05) is 0 Å². The summed E-state index contributed by atoms with van der Waals surface area (Å²) in [4.78, 5) is 2.64. The van der Waals surface area contributed by atoms with Crippen LogP contribution in [0.15, 0.2) is 24.3 Å². The molecule has 1 N–H and O–H groups in total. The van der Waals surface area contributed by atoms with Gasteiger partial charge in [-0.05, 0) is 44.0 Å². The molecule has 2 nitrogen and oxygen atoms in total. The van der Waals surface area contributed by atoms with Crippen molar-refractivity contribution < 1.29 is 0 Å². The summed E-state index contributed by atoms with van der Waals surface area (Å²) in [7, 11) is 2.05. The molecule has 0 spiro atoms. The first kappa shape index (κ1) is 12.6. The number of hydrogen-bond donors (Lipinski definition) is 1. The standard InChI is InChI=1S/C15H24N2/c1-3-15(11-16-2)17-10-6-9-13-7-4-5-8-14(13)12-17/h4-5,7-8,15-16H,3,6,9-12H2,1-2H3. The van der Waals surface area contributed by atoms with Crippen molar-refractivity contribution >= 4 is 0 Å². The van der Waals surface area contributed by atoms with E-state index in [9.17, 15) is 0 Å². The van der Waals surface area contributed by atoms with Crippen molar-refractivity contribution in [3.8, 4) is 0 Å². The second-order valence-electron chi connectivity index (χ2n) is 4.96. The van der Waals surface area contributed by atoms with E-state index in [1.54, 1.807) is 5.56 Å². The van der Waals surface area contributed by atoms with Gasteiger partial charge >= 0.3 is 0 Å². The minimum Gasteiger partial charge on any atom is -0.318 e. The molecular weight excluding hydrogens is 208 g/mol. The summed E-state index contributed by atoms with van der Waals surface area (Å²) in [5.41, 5.74) is 3.08. The van der Waals surface area contributed by atoms with Crippen LogP contribution in [0.4, 0.5) is 0 Å². The molecule has 0 aromatic heterocycles. The zero-order valence-corrected chi connectivity index (χ0v) is 11.1. The minimum atomic E-state index is 0.672. The lowest BCUT2D eigenvalue weighted by atomic mass is 10.0. The lowest BCUT2D eigenvalue weighted by Gasteiger charge is -2.30. The van der Waals surface area contributed by atoms with E-state index in [2.05, 4.69) is 48.5 Å². The summed E-state index contributed by atoms with van der Waals surface area (Å²) in [6.45, 7) is 5.74. The van der Waals surface area contributed by atoms with Gasteiger partial charge in [0.05, 0.1) is 0 Å². The molecule has 0 amide bonds. The van der Waals surface area contributed by atoms with E-state index in [-0.39, 0.29) is 0 Å². The maximum Gasteiger partial charge on any atom is 0.0239 e. The van der Waals surface area contributed by atoms with E-state index in [0.29, 0.717) is 6.04 Å². The van der Waals surface area contributed by atoms with E-state index >= 15 is 0 Å². The summed E-state index contributed by atoms with van der Waals surface area (Å²) in [6.07, 6.45) is 3.75. The molecule has 94 valence electrons. The number of rotatable bonds is 4. The fraction of sp³-hybridized carbons (Fsp3) is 0.600. The predicted molar refractivity (Wildman–Crippen MR) is 73.2 cm³/mol. The largest absolute Gasteiger partial charge is 0.318 e. The third kappa shape index (κ3) is 3.08. The lowest BCUT2D eigenvalue weighted by Crippen LogP contribution is -2.40. The predicted octanol–water partition coefficient (Wildman–Crippen LogP) is 2.43. The summed E-state index contributed by atoms with van der Waals surface area (Å²) in [5, 5.41) is 3.32. The van der Waals surface area contributed by atoms with E-state index in [4.69, 9.17) is 0 Å². The summed E-state index contributed by atoms with van der Waals surface area (Å²) in [5.74, 6) is 0. The fourth-order valence-electron chi connectivity index (χ4n) is 2.81. The molecule has 1 aromatic rings. The fourth-order valence-corrected chi connectivity index (χ4v) is 2.81. The van der Waals surface area contributed by atoms with E-state index < -0.39 is 0 Å². The first-order valence-electron chi connectivity index (χ1n) is 6.80. The van der Waals surface area contributed by atoms with Crippen LogP contribution in [0.3, 0.4) is 0 Å². The highest BCUT2D eigenvalue weighted by Gasteiger charge is 2.19. The molecule has 1 aliphatic rings. The van der Waals surface area contributed by atoms with Crippen LogP contribution < -0.4 is 5.32 Å². The van der Waals surface area contributed by atoms with Crippen molar-refractivity contribution in [1.82, 2.24) is 10.2 Å². The van der Waals surface area contributed by atoms with Gasteiger partial charge in [-0.25, -0.2) is 0 Å². The number of nitrogens with one attached hydrogen (secondary N) is 1. The van der Waals surface area contributed by atoms with Gasteiger partial charge in [-0.3, -0.25) is 4.90 Å². The van der Waals surface area contributed by atoms with Crippen LogP contribution in [0.1, 0.15) is 30.9 Å². The molecule has 0 fully saturated rings. The Morgan fingerprint density at radius 2 is 2.06 bits per heavy atom. The SMILES string of the molecule is CCC(CNC)N1CCCc2ccccc2C1. The number of aryl methyl sites for hydroxylation is 1. The van der Waals surface area contributed by atoms with Gasteiger partial charge in [-0.15, -0.1) is 0 Å². The Kier molecular flexibility index (Phi) is 4.57. The molecule has 0 bridgehead atoms. The molecule has 0 radical (unpaired) electrons. The number of hydrogen-bond acceptors (Lipinski definition) is 2. The minimum absolute atomic E-state index is 0.672. The van der Waals surface area contributed by atoms with Crippen molar-refractivity contribution in [3.05, 3.63) is 35.4 Å². The van der Waals surface area contributed by atoms with Crippen molar-refractivity contribution in [2.75, 3.05) is 20.1 Å². The first-order chi connectivity index (χ1) is 8.35. The number of benzene rings is 1. The number of likely N-dealkylation sites (N-methyl/N-ethyl adjacent to an activating group) is 1. The Morgan fingerprint density at radius 3 is 2.76 bits per heavy atom. The van der Waals surface area contributed by atoms with Crippen LogP contribution in [0.25, 0.3) is 0 Å². The third-order valence-corrected chi connectivity index (χ3v) is 3.81. The molecule has 2 heteroatoms. The summed E-state index contributed by atoms with van der Waals surface area (Å²) in [6, 6.07) is 9.59. The normalized spacial score (nSPS) is 18.5. The number of fused-ring (bicyclic) bond motifs is 1. The Balaban J connectivity index is 2.11. The average Bonchev–Trinajstić information content (AvgIpc) is 2.57. The van der Waals surface area contributed by atoms with Crippen LogP contribution in [-0.2, 0) is 13.0 Å². The molecule has 1 atom stereocenters. The molecule has 1 aliphatic heterocycles. The van der Waals surface area contributed by atoms with Gasteiger partial charge in [0.15, 0.2) is 0 Å². The average molecular weight is 232 g/mol. The molecule has 1 heterocycles. The Bertz CT molecular complexity index is 349. The molecule has 1 unspecified atom stereocenters. The Labute approximate surface area is 105 Å². The van der Waals surface area contributed by atoms with E-state index in [1.165, 1.54) is 31.4 Å². The van der Waals surface area contributed by atoms with Crippen LogP contribution in [0.2, 0.25) is 0 Å². The molecule has 1 aromatic carbocycles. The zero-order chi connectivity index (χ0) is 12.1. The maximum atomic E-state index is 3.32. The van der Waals surface area contributed by atoms with Crippen LogP contribution in [0.5, 0.6) is 0 Å². The maximum absolute atomic E-state index is 3.32. The molecule has 0 aliphatic carbocycles. The second-order valence-corrected chi connectivity index (χ2v) is 4.96. The van der Waals surface area contributed by atoms with Gasteiger partial charge in [0.2, 0.25) is 0 Å². The van der Waals surface area contributed by atoms with Gasteiger partial charge in [-0.2, -0.15) is 0 Å². The van der Waals surface area contributed by atoms with Gasteiger partial charge in [0.1, 0.15) is 0 Å². The second kappa shape index (κ2) is 6.18. The van der Waals surface area contributed by atoms with Crippen molar-refractivity contribution in [2.45, 2.75) is 38.8 Å². The first-order valence-corrected chi connectivity index (χ1v) is 6.80. The topological polar surface area (TPSA) is 15.3 Å². The highest BCUT2D eigenvalue weighted by molar-refractivity contribution is 5.28. The molecular formula is C15H24N2. The van der Waals surface area contributed by atoms with Crippen molar-refractivity contribution in [3.63, 3.8) is 0 Å². The smallest absolute Gasteiger partial charge is 0.0239 e. The monoisotopic (exact) mass is 232 g/mol. The zero-order valence-electron chi connectivity index (χ0n) is 11.1.